The maximum atomic E-state index is 5.12. The lowest BCUT2D eigenvalue weighted by molar-refractivity contribution is 0.796. The molecule has 0 bridgehead atoms. The molecule has 4 heterocycles. The van der Waals surface area contributed by atoms with E-state index in [-0.39, 0.29) is 0 Å². The van der Waals surface area contributed by atoms with E-state index in [4.69, 9.17) is 9.97 Å². The van der Waals surface area contributed by atoms with Crippen LogP contribution in [0.3, 0.4) is 0 Å². The number of para-hydroxylation sites is 4. The lowest BCUT2D eigenvalue weighted by Crippen LogP contribution is -2.12. The number of rotatable bonds is 7. The molecule has 4 aromatic heterocycles. The van der Waals surface area contributed by atoms with Gasteiger partial charge in [-0.05, 0) is 83.8 Å². The van der Waals surface area contributed by atoms with Gasteiger partial charge in [-0.25, -0.2) is 9.97 Å². The Hall–Kier alpha value is -6.66. The number of hydrogen-bond acceptors (Lipinski definition) is 3. The van der Waals surface area contributed by atoms with E-state index in [0.29, 0.717) is 11.8 Å². The van der Waals surface area contributed by atoms with Gasteiger partial charge in [-0.15, -0.1) is 0 Å². The van der Waals surface area contributed by atoms with Gasteiger partial charge in [0.05, 0.1) is 22.2 Å². The molecule has 6 nitrogen and oxygen atoms in total. The Morgan fingerprint density at radius 1 is 0.527 bits per heavy atom. The van der Waals surface area contributed by atoms with Gasteiger partial charge in [0.25, 0.3) is 0 Å². The molecule has 0 aliphatic heterocycles. The van der Waals surface area contributed by atoms with Gasteiger partial charge < -0.3 is 4.90 Å². The van der Waals surface area contributed by atoms with Crippen molar-refractivity contribution in [3.8, 4) is 11.6 Å². The van der Waals surface area contributed by atoms with E-state index in [1.165, 1.54) is 43.9 Å². The molecule has 10 rings (SSSR count). The smallest absolute Gasteiger partial charge is 0.219 e. The summed E-state index contributed by atoms with van der Waals surface area (Å²) in [5.41, 5.74) is 12.5. The lowest BCUT2D eigenvalue weighted by Gasteiger charge is -2.26. The van der Waals surface area contributed by atoms with Crippen LogP contribution in [0.2, 0.25) is 0 Å². The minimum atomic E-state index is 0.347. The number of nitrogens with zero attached hydrogens (tertiary/aromatic N) is 6. The summed E-state index contributed by atoms with van der Waals surface area (Å²) in [5, 5.41) is 5.90. The van der Waals surface area contributed by atoms with Crippen LogP contribution in [0.15, 0.2) is 152 Å². The Balaban J connectivity index is 1.23. The van der Waals surface area contributed by atoms with Crippen LogP contribution in [-0.2, 0) is 0 Å². The Labute approximate surface area is 320 Å². The van der Waals surface area contributed by atoms with Crippen molar-refractivity contribution in [2.75, 3.05) is 4.90 Å². The standard InChI is InChI=1S/C49H42N6/c1-31(2)37-18-13-19-38(32(3)4)47(37)52-27-26-50-49(52)55-45-21-12-10-17-41(45)42-25-23-36(29-46(42)55)54(34-14-7-6-8-15-34)35-22-24-39-40-16-9-11-20-44(40)53-33(5)30-51-48(53)43(39)28-35/h6-32H,1-5H3. The van der Waals surface area contributed by atoms with Crippen molar-refractivity contribution in [1.29, 1.82) is 0 Å². The monoisotopic (exact) mass is 714 g/mol. The highest BCUT2D eigenvalue weighted by molar-refractivity contribution is 6.13. The summed E-state index contributed by atoms with van der Waals surface area (Å²) in [4.78, 5) is 12.4. The van der Waals surface area contributed by atoms with Crippen molar-refractivity contribution >= 4 is 66.2 Å². The first-order valence-electron chi connectivity index (χ1n) is 19.2. The number of anilines is 3. The molecule has 6 heteroatoms. The fourth-order valence-corrected chi connectivity index (χ4v) is 8.68. The van der Waals surface area contributed by atoms with E-state index in [2.05, 4.69) is 193 Å². The molecular weight excluding hydrogens is 673 g/mol. The Bertz CT molecular complexity index is 3040. The quantitative estimate of drug-likeness (QED) is 0.154. The SMILES string of the molecule is Cc1cnc2c3cc(N(c4ccccc4)c4ccc5c6ccccc6n(-c6nccn6-c6c(C(C)C)cccc6C(C)C)c5c4)ccc3c3ccccc3n12. The molecule has 0 amide bonds. The topological polar surface area (TPSA) is 43.3 Å². The zero-order valence-corrected chi connectivity index (χ0v) is 31.8. The Morgan fingerprint density at radius 2 is 1.15 bits per heavy atom. The first kappa shape index (κ1) is 32.9. The summed E-state index contributed by atoms with van der Waals surface area (Å²) >= 11 is 0. The predicted molar refractivity (Wildman–Crippen MR) is 229 cm³/mol. The first-order chi connectivity index (χ1) is 26.9. The summed E-state index contributed by atoms with van der Waals surface area (Å²) in [7, 11) is 0. The Kier molecular flexibility index (Phi) is 7.63. The Morgan fingerprint density at radius 3 is 1.87 bits per heavy atom. The van der Waals surface area contributed by atoms with Crippen molar-refractivity contribution in [3.63, 3.8) is 0 Å². The molecule has 55 heavy (non-hydrogen) atoms. The molecule has 0 N–H and O–H groups in total. The maximum Gasteiger partial charge on any atom is 0.219 e. The predicted octanol–water partition coefficient (Wildman–Crippen LogP) is 12.9. The number of aryl methyl sites for hydroxylation is 1. The van der Waals surface area contributed by atoms with Crippen molar-refractivity contribution in [1.82, 2.24) is 23.5 Å². The van der Waals surface area contributed by atoms with Crippen molar-refractivity contribution < 1.29 is 0 Å². The highest BCUT2D eigenvalue weighted by Crippen LogP contribution is 2.42. The number of fused-ring (bicyclic) bond motifs is 9. The molecule has 0 saturated heterocycles. The highest BCUT2D eigenvalue weighted by atomic mass is 15.2. The molecule has 0 fully saturated rings. The van der Waals surface area contributed by atoms with Crippen LogP contribution in [0.1, 0.15) is 56.4 Å². The van der Waals surface area contributed by atoms with Gasteiger partial charge in [0.15, 0.2) is 0 Å². The van der Waals surface area contributed by atoms with Crippen LogP contribution in [0.5, 0.6) is 0 Å². The number of hydrogen-bond donors (Lipinski definition) is 0. The second-order valence-corrected chi connectivity index (χ2v) is 15.2. The third-order valence-electron chi connectivity index (χ3n) is 11.2. The van der Waals surface area contributed by atoms with Gasteiger partial charge in [0.2, 0.25) is 5.95 Å². The van der Waals surface area contributed by atoms with E-state index in [1.54, 1.807) is 0 Å². The molecule has 10 aromatic rings. The minimum Gasteiger partial charge on any atom is -0.310 e. The molecular formula is C49H42N6. The molecule has 0 saturated carbocycles. The maximum absolute atomic E-state index is 5.12. The highest BCUT2D eigenvalue weighted by Gasteiger charge is 2.23. The van der Waals surface area contributed by atoms with Crippen LogP contribution in [-0.4, -0.2) is 23.5 Å². The minimum absolute atomic E-state index is 0.347. The molecule has 0 radical (unpaired) electrons. The second kappa shape index (κ2) is 12.7. The fourth-order valence-electron chi connectivity index (χ4n) is 8.68. The summed E-state index contributed by atoms with van der Waals surface area (Å²) in [6, 6.07) is 48.4. The third kappa shape index (κ3) is 5.09. The van der Waals surface area contributed by atoms with Crippen LogP contribution in [0.25, 0.3) is 60.8 Å². The van der Waals surface area contributed by atoms with Gasteiger partial charge in [-0.2, -0.15) is 0 Å². The van der Waals surface area contributed by atoms with Crippen molar-refractivity contribution in [2.45, 2.75) is 46.5 Å². The first-order valence-corrected chi connectivity index (χ1v) is 19.2. The average Bonchev–Trinajstić information content (AvgIpc) is 3.93. The average molecular weight is 715 g/mol. The van der Waals surface area contributed by atoms with Crippen LogP contribution >= 0.6 is 0 Å². The normalized spacial score (nSPS) is 12.1. The zero-order valence-electron chi connectivity index (χ0n) is 31.8. The van der Waals surface area contributed by atoms with Crippen LogP contribution < -0.4 is 4.90 Å². The second-order valence-electron chi connectivity index (χ2n) is 15.2. The van der Waals surface area contributed by atoms with Crippen molar-refractivity contribution in [2.24, 2.45) is 0 Å². The van der Waals surface area contributed by atoms with Crippen LogP contribution in [0, 0.1) is 6.92 Å². The van der Waals surface area contributed by atoms with Gasteiger partial charge in [-0.1, -0.05) is 113 Å². The molecule has 268 valence electrons. The molecule has 0 aliphatic rings. The number of imidazole rings is 2. The van der Waals surface area contributed by atoms with E-state index in [1.807, 2.05) is 12.4 Å². The van der Waals surface area contributed by atoms with Gasteiger partial charge in [0.1, 0.15) is 5.65 Å². The largest absolute Gasteiger partial charge is 0.310 e. The zero-order chi connectivity index (χ0) is 37.4. The summed E-state index contributed by atoms with van der Waals surface area (Å²) in [6.45, 7) is 11.2. The number of benzene rings is 6. The van der Waals surface area contributed by atoms with Crippen molar-refractivity contribution in [3.05, 3.63) is 169 Å². The van der Waals surface area contributed by atoms with Gasteiger partial charge in [-0.3, -0.25) is 13.5 Å². The molecule has 0 atom stereocenters. The van der Waals surface area contributed by atoms with E-state index < -0.39 is 0 Å². The molecule has 0 spiro atoms. The van der Waals surface area contributed by atoms with Gasteiger partial charge >= 0.3 is 0 Å². The number of aromatic nitrogens is 5. The summed E-state index contributed by atoms with van der Waals surface area (Å²) in [6.07, 6.45) is 6.04. The molecule has 0 unspecified atom stereocenters. The van der Waals surface area contributed by atoms with Crippen LogP contribution in [0.4, 0.5) is 17.1 Å². The summed E-state index contributed by atoms with van der Waals surface area (Å²) < 4.78 is 6.94. The van der Waals surface area contributed by atoms with E-state index in [0.717, 1.165) is 50.8 Å². The molecule has 6 aromatic carbocycles. The lowest BCUT2D eigenvalue weighted by atomic mass is 9.92. The third-order valence-corrected chi connectivity index (χ3v) is 11.2. The number of pyridine rings is 1. The van der Waals surface area contributed by atoms with E-state index >= 15 is 0 Å². The fraction of sp³-hybridized carbons (Fsp3) is 0.143. The molecule has 0 aliphatic carbocycles. The van der Waals surface area contributed by atoms with E-state index in [9.17, 15) is 0 Å². The van der Waals surface area contributed by atoms with Gasteiger partial charge in [0, 0.05) is 62.9 Å². The summed E-state index contributed by atoms with van der Waals surface area (Å²) in [5.74, 6) is 1.57.